The standard InChI is InChI=1S/C19H30N5O16P/c20-4-9(28)23-10-6(26)3-19(17(32)33,38-14(10)11(29)7(27)5-25)40-41(35,36)39-16-13(31)12(30)15(37-16)24-2-1-8(21)22-18(24)34/h1-2,6-7,10-16,25-27,29-31H,3-5,20H2,(H,23,28)(H,32,33)(H,35,36)(H2,21,22,34)/t6-,7-,10-,11-,12+,13?,14?,15-,16-,19-/m1/s1. The predicted molar refractivity (Wildman–Crippen MR) is 127 cm³/mol. The molecule has 3 rings (SSSR count). The molecule has 13 N–H and O–H groups in total. The number of aliphatic hydroxyl groups is 6. The largest absolute Gasteiger partial charge is 0.477 e. The summed E-state index contributed by atoms with van der Waals surface area (Å²) in [5.41, 5.74) is 9.57. The maximum Gasteiger partial charge on any atom is 0.477 e. The van der Waals surface area contributed by atoms with Gasteiger partial charge in [-0.15, -0.1) is 0 Å². The highest BCUT2D eigenvalue weighted by Crippen LogP contribution is 2.53. The SMILES string of the molecule is NCC(=O)N[C@H]1C([C@H](O)[C@H](O)CO)O[C@](OP(=O)(O)O[C@H]2O[C@@H](n3ccc(N)nc3=O)[C@@H](O)C2O)(C(=O)O)C[C@H]1O. The highest BCUT2D eigenvalue weighted by Gasteiger charge is 2.59. The number of carbonyl (C=O) groups is 2. The first kappa shape index (κ1) is 32.9. The molecule has 1 aromatic rings. The molecule has 0 aliphatic carbocycles. The van der Waals surface area contributed by atoms with Gasteiger partial charge in [-0.05, 0) is 6.07 Å². The van der Waals surface area contributed by atoms with Crippen molar-refractivity contribution in [3.8, 4) is 0 Å². The Hall–Kier alpha value is -2.63. The van der Waals surface area contributed by atoms with Gasteiger partial charge in [0.1, 0.15) is 36.3 Å². The van der Waals surface area contributed by atoms with Crippen LogP contribution in [-0.2, 0) is 32.7 Å². The Kier molecular flexibility index (Phi) is 10.2. The zero-order valence-electron chi connectivity index (χ0n) is 20.8. The van der Waals surface area contributed by atoms with E-state index in [2.05, 4.69) is 10.3 Å². The number of nitrogens with zero attached hydrogens (tertiary/aromatic N) is 2. The molecule has 0 aromatic carbocycles. The molecule has 2 fully saturated rings. The first-order valence-corrected chi connectivity index (χ1v) is 13.2. The Morgan fingerprint density at radius 3 is 2.51 bits per heavy atom. The molecule has 2 saturated heterocycles. The number of aliphatic carboxylic acids is 1. The van der Waals surface area contributed by atoms with Crippen LogP contribution >= 0.6 is 7.82 Å². The Morgan fingerprint density at radius 2 is 1.95 bits per heavy atom. The van der Waals surface area contributed by atoms with Crippen LogP contribution in [0.3, 0.4) is 0 Å². The van der Waals surface area contributed by atoms with Gasteiger partial charge in [0.25, 0.3) is 5.79 Å². The molecule has 3 heterocycles. The number of hydrogen-bond donors (Lipinski definition) is 11. The number of phosphoric ester groups is 1. The number of nitrogens with two attached hydrogens (primary N) is 2. The fraction of sp³-hybridized carbons (Fsp3) is 0.684. The topological polar surface area (TPSA) is 349 Å². The van der Waals surface area contributed by atoms with Crippen LogP contribution in [0.5, 0.6) is 0 Å². The number of carboxylic acids is 1. The lowest BCUT2D eigenvalue weighted by atomic mass is 9.88. The van der Waals surface area contributed by atoms with Gasteiger partial charge in [-0.2, -0.15) is 4.98 Å². The van der Waals surface area contributed by atoms with Crippen molar-refractivity contribution in [3.05, 3.63) is 22.7 Å². The van der Waals surface area contributed by atoms with Gasteiger partial charge >= 0.3 is 19.5 Å². The fourth-order valence-electron chi connectivity index (χ4n) is 4.13. The molecule has 2 aliphatic rings. The number of nitrogens with one attached hydrogen (secondary N) is 1. The van der Waals surface area contributed by atoms with Gasteiger partial charge < -0.3 is 66.9 Å². The van der Waals surface area contributed by atoms with Crippen molar-refractivity contribution >= 4 is 25.5 Å². The normalized spacial score (nSPS) is 34.9. The van der Waals surface area contributed by atoms with E-state index in [1.165, 1.54) is 0 Å². The summed E-state index contributed by atoms with van der Waals surface area (Å²) in [6, 6.07) is -0.526. The Labute approximate surface area is 229 Å². The van der Waals surface area contributed by atoms with Crippen molar-refractivity contribution in [1.82, 2.24) is 14.9 Å². The van der Waals surface area contributed by atoms with Crippen molar-refractivity contribution in [2.75, 3.05) is 18.9 Å². The van der Waals surface area contributed by atoms with Gasteiger partial charge in [-0.25, -0.2) is 18.7 Å². The number of amides is 1. The molecule has 41 heavy (non-hydrogen) atoms. The van der Waals surface area contributed by atoms with Crippen molar-refractivity contribution < 1.29 is 73.3 Å². The summed E-state index contributed by atoms with van der Waals surface area (Å²) < 4.78 is 33.4. The maximum atomic E-state index is 12.9. The second kappa shape index (κ2) is 12.7. The molecular formula is C19H30N5O16P. The number of ether oxygens (including phenoxy) is 2. The summed E-state index contributed by atoms with van der Waals surface area (Å²) in [5, 5.41) is 72.8. The number of rotatable bonds is 11. The van der Waals surface area contributed by atoms with Gasteiger partial charge in [0.05, 0.1) is 25.3 Å². The average molecular weight is 615 g/mol. The Balaban J connectivity index is 1.87. The van der Waals surface area contributed by atoms with Gasteiger partial charge in [-0.3, -0.25) is 13.9 Å². The summed E-state index contributed by atoms with van der Waals surface area (Å²) >= 11 is 0. The monoisotopic (exact) mass is 615 g/mol. The van der Waals surface area contributed by atoms with Crippen LogP contribution in [-0.4, -0.2) is 130 Å². The van der Waals surface area contributed by atoms with E-state index >= 15 is 0 Å². The predicted octanol–water partition coefficient (Wildman–Crippen LogP) is -6.38. The summed E-state index contributed by atoms with van der Waals surface area (Å²) in [4.78, 5) is 49.9. The molecule has 0 bridgehead atoms. The lowest BCUT2D eigenvalue weighted by Gasteiger charge is -2.46. The van der Waals surface area contributed by atoms with Gasteiger partial charge in [0.15, 0.2) is 12.5 Å². The minimum Gasteiger partial charge on any atom is -0.477 e. The number of hydrogen-bond acceptors (Lipinski definition) is 17. The van der Waals surface area contributed by atoms with Crippen molar-refractivity contribution in [2.45, 2.75) is 67.4 Å². The minimum absolute atomic E-state index is 0.186. The highest BCUT2D eigenvalue weighted by molar-refractivity contribution is 7.47. The molecule has 232 valence electrons. The van der Waals surface area contributed by atoms with Crippen molar-refractivity contribution in [3.63, 3.8) is 0 Å². The van der Waals surface area contributed by atoms with Crippen LogP contribution in [0.15, 0.2) is 17.1 Å². The van der Waals surface area contributed by atoms with Gasteiger partial charge in [-0.1, -0.05) is 0 Å². The summed E-state index contributed by atoms with van der Waals surface area (Å²) in [7, 11) is -5.74. The number of aliphatic hydroxyl groups excluding tert-OH is 6. The Bertz CT molecular complexity index is 1220. The Morgan fingerprint density at radius 1 is 1.29 bits per heavy atom. The van der Waals surface area contributed by atoms with Crippen LogP contribution in [0.4, 0.5) is 5.82 Å². The van der Waals surface area contributed by atoms with E-state index in [-0.39, 0.29) is 5.82 Å². The third-order valence-corrected chi connectivity index (χ3v) is 7.15. The fourth-order valence-corrected chi connectivity index (χ4v) is 5.18. The molecule has 11 atom stereocenters. The molecular weight excluding hydrogens is 585 g/mol. The molecule has 1 amide bonds. The van der Waals surface area contributed by atoms with Gasteiger partial charge in [0, 0.05) is 12.6 Å². The summed E-state index contributed by atoms with van der Waals surface area (Å²) in [6.45, 7) is -1.71. The third kappa shape index (κ3) is 7.06. The molecule has 22 heteroatoms. The molecule has 2 aliphatic heterocycles. The quantitative estimate of drug-likeness (QED) is 0.103. The van der Waals surface area contributed by atoms with Crippen LogP contribution in [0, 0.1) is 0 Å². The molecule has 21 nitrogen and oxygen atoms in total. The summed E-state index contributed by atoms with van der Waals surface area (Å²) in [6.07, 6.45) is -16.5. The number of anilines is 1. The number of carbonyl (C=O) groups excluding carboxylic acids is 1. The second-order valence-corrected chi connectivity index (χ2v) is 10.4. The molecule has 0 radical (unpaired) electrons. The molecule has 1 aromatic heterocycles. The van der Waals surface area contributed by atoms with Gasteiger partial charge in [0.2, 0.25) is 5.91 Å². The zero-order valence-corrected chi connectivity index (χ0v) is 21.7. The smallest absolute Gasteiger partial charge is 0.477 e. The average Bonchev–Trinajstić information content (AvgIpc) is 3.16. The second-order valence-electron chi connectivity index (χ2n) is 9.03. The van der Waals surface area contributed by atoms with E-state index in [1.54, 1.807) is 0 Å². The van der Waals surface area contributed by atoms with Crippen LogP contribution < -0.4 is 22.5 Å². The number of nitrogen functional groups attached to an aromatic ring is 1. The number of phosphoric acid groups is 1. The molecule has 0 spiro atoms. The summed E-state index contributed by atoms with van der Waals surface area (Å²) in [5.74, 6) is -6.56. The first-order chi connectivity index (χ1) is 19.1. The number of aromatic nitrogens is 2. The minimum atomic E-state index is -5.74. The van der Waals surface area contributed by atoms with E-state index in [4.69, 9.17) is 30.0 Å². The lowest BCUT2D eigenvalue weighted by Crippen LogP contribution is -2.68. The van der Waals surface area contributed by atoms with E-state index in [0.717, 1.165) is 12.3 Å². The highest BCUT2D eigenvalue weighted by atomic mass is 31.2. The van der Waals surface area contributed by atoms with Crippen molar-refractivity contribution in [2.24, 2.45) is 5.73 Å². The van der Waals surface area contributed by atoms with Crippen LogP contribution in [0.25, 0.3) is 0 Å². The molecule has 3 unspecified atom stereocenters. The maximum absolute atomic E-state index is 12.9. The number of carboxylic acid groups (broad SMARTS) is 1. The van der Waals surface area contributed by atoms with E-state index in [0.29, 0.717) is 4.57 Å². The molecule has 0 saturated carbocycles. The van der Waals surface area contributed by atoms with Crippen molar-refractivity contribution in [1.29, 1.82) is 0 Å². The van der Waals surface area contributed by atoms with E-state index in [9.17, 15) is 59.6 Å². The van der Waals surface area contributed by atoms with Crippen LogP contribution in [0.2, 0.25) is 0 Å². The zero-order chi connectivity index (χ0) is 30.9. The van der Waals surface area contributed by atoms with E-state index < -0.39 is 106 Å². The third-order valence-electron chi connectivity index (χ3n) is 6.15. The lowest BCUT2D eigenvalue weighted by molar-refractivity contribution is -0.290. The first-order valence-electron chi connectivity index (χ1n) is 11.7. The van der Waals surface area contributed by atoms with Crippen LogP contribution in [0.1, 0.15) is 12.6 Å². The van der Waals surface area contributed by atoms with E-state index in [1.807, 2.05) is 0 Å².